The largest absolute Gasteiger partial charge is 0.290 e. The van der Waals surface area contributed by atoms with Crippen molar-refractivity contribution in [2.45, 2.75) is 19.4 Å². The van der Waals surface area contributed by atoms with Gasteiger partial charge in [0.1, 0.15) is 0 Å². The van der Waals surface area contributed by atoms with Crippen LogP contribution >= 0.6 is 0 Å². The van der Waals surface area contributed by atoms with Crippen LogP contribution in [0, 0.1) is 22.7 Å². The van der Waals surface area contributed by atoms with E-state index in [0.29, 0.717) is 0 Å². The van der Waals surface area contributed by atoms with Crippen molar-refractivity contribution in [2.24, 2.45) is 0 Å². The first-order chi connectivity index (χ1) is 4.35. The van der Waals surface area contributed by atoms with Crippen molar-refractivity contribution >= 4 is 0 Å². The molecule has 48 valence electrons. The van der Waals surface area contributed by atoms with Crippen molar-refractivity contribution in [3.8, 4) is 12.1 Å². The van der Waals surface area contributed by atoms with Gasteiger partial charge in [-0.25, -0.2) is 0 Å². The lowest BCUT2D eigenvalue weighted by Gasteiger charge is -1.98. The summed E-state index contributed by atoms with van der Waals surface area (Å²) in [4.78, 5) is 0. The van der Waals surface area contributed by atoms with E-state index in [1.807, 2.05) is 19.1 Å². The minimum atomic E-state index is -0.634. The first-order valence-electron chi connectivity index (χ1n) is 2.87. The second kappa shape index (κ2) is 5.08. The number of hydrogen-bond acceptors (Lipinski definition) is 3. The third-order valence-electron chi connectivity index (χ3n) is 0.857. The molecule has 0 atom stereocenters. The Morgan fingerprint density at radius 2 is 2.00 bits per heavy atom. The van der Waals surface area contributed by atoms with Crippen molar-refractivity contribution in [1.82, 2.24) is 5.32 Å². The molecule has 0 saturated carbocycles. The molecule has 0 fully saturated rings. The number of nitriles is 2. The Morgan fingerprint density at radius 1 is 1.44 bits per heavy atom. The van der Waals surface area contributed by atoms with Gasteiger partial charge >= 0.3 is 0 Å². The zero-order valence-corrected chi connectivity index (χ0v) is 5.39. The molecule has 1 N–H and O–H groups in total. The van der Waals surface area contributed by atoms with Crippen molar-refractivity contribution in [3.63, 3.8) is 0 Å². The molecule has 0 aromatic carbocycles. The van der Waals surface area contributed by atoms with Gasteiger partial charge in [-0.15, -0.1) is 0 Å². The van der Waals surface area contributed by atoms with Gasteiger partial charge in [0.2, 0.25) is 0 Å². The molecule has 0 bridgehead atoms. The molecular formula is C6H9N3. The standard InChI is InChI=1S/C6H9N3/c1-2-3-9-6(4-7)5-8/h6,9H,2-3H2,1H3. The molecule has 0 aliphatic carbocycles. The van der Waals surface area contributed by atoms with E-state index < -0.39 is 6.04 Å². The van der Waals surface area contributed by atoms with Crippen LogP contribution in [0.1, 0.15) is 13.3 Å². The minimum absolute atomic E-state index is 0.634. The average molecular weight is 123 g/mol. The number of nitrogens with zero attached hydrogens (tertiary/aromatic N) is 2. The van der Waals surface area contributed by atoms with Crippen LogP contribution in [-0.2, 0) is 0 Å². The van der Waals surface area contributed by atoms with E-state index in [4.69, 9.17) is 10.5 Å². The van der Waals surface area contributed by atoms with Crippen LogP contribution in [0.5, 0.6) is 0 Å². The van der Waals surface area contributed by atoms with Crippen LogP contribution in [0.25, 0.3) is 0 Å². The number of rotatable bonds is 3. The van der Waals surface area contributed by atoms with Gasteiger partial charge in [0.25, 0.3) is 0 Å². The van der Waals surface area contributed by atoms with Crippen LogP contribution in [0.3, 0.4) is 0 Å². The molecule has 9 heavy (non-hydrogen) atoms. The fourth-order valence-electron chi connectivity index (χ4n) is 0.409. The first-order valence-corrected chi connectivity index (χ1v) is 2.87. The summed E-state index contributed by atoms with van der Waals surface area (Å²) < 4.78 is 0. The van der Waals surface area contributed by atoms with E-state index >= 15 is 0 Å². The molecule has 0 aliphatic heterocycles. The zero-order chi connectivity index (χ0) is 7.11. The van der Waals surface area contributed by atoms with Gasteiger partial charge < -0.3 is 0 Å². The molecule has 0 rings (SSSR count). The molecule has 0 radical (unpaired) electrons. The van der Waals surface area contributed by atoms with Gasteiger partial charge in [-0.3, -0.25) is 5.32 Å². The first kappa shape index (κ1) is 7.94. The van der Waals surface area contributed by atoms with Gasteiger partial charge in [0, 0.05) is 0 Å². The quantitative estimate of drug-likeness (QED) is 0.591. The van der Waals surface area contributed by atoms with Gasteiger partial charge in [0.15, 0.2) is 6.04 Å². The highest BCUT2D eigenvalue weighted by atomic mass is 14.9. The van der Waals surface area contributed by atoms with Crippen LogP contribution in [0.15, 0.2) is 0 Å². The number of nitrogens with one attached hydrogen (secondary N) is 1. The summed E-state index contributed by atoms with van der Waals surface area (Å²) in [6.07, 6.45) is 0.944. The van der Waals surface area contributed by atoms with E-state index in [1.165, 1.54) is 0 Å². The Kier molecular flexibility index (Phi) is 4.49. The summed E-state index contributed by atoms with van der Waals surface area (Å²) in [5, 5.41) is 19.2. The summed E-state index contributed by atoms with van der Waals surface area (Å²) in [6.45, 7) is 2.71. The Bertz CT molecular complexity index is 125. The van der Waals surface area contributed by atoms with Gasteiger partial charge in [-0.1, -0.05) is 6.92 Å². The topological polar surface area (TPSA) is 59.6 Å². The highest BCUT2D eigenvalue weighted by molar-refractivity contribution is 5.05. The van der Waals surface area contributed by atoms with Crippen LogP contribution in [0.4, 0.5) is 0 Å². The predicted octanol–water partition coefficient (Wildman–Crippen LogP) is 0.402. The molecule has 0 spiro atoms. The van der Waals surface area contributed by atoms with Crippen molar-refractivity contribution < 1.29 is 0 Å². The van der Waals surface area contributed by atoms with E-state index in [-0.39, 0.29) is 0 Å². The highest BCUT2D eigenvalue weighted by Crippen LogP contribution is 1.77. The van der Waals surface area contributed by atoms with Crippen LogP contribution < -0.4 is 5.32 Å². The lowest BCUT2D eigenvalue weighted by Crippen LogP contribution is -2.26. The third-order valence-corrected chi connectivity index (χ3v) is 0.857. The maximum atomic E-state index is 8.22. The van der Waals surface area contributed by atoms with E-state index in [1.54, 1.807) is 0 Å². The molecule has 0 unspecified atom stereocenters. The predicted molar refractivity (Wildman–Crippen MR) is 33.3 cm³/mol. The molecule has 3 heteroatoms. The minimum Gasteiger partial charge on any atom is -0.290 e. The van der Waals surface area contributed by atoms with Gasteiger partial charge in [-0.2, -0.15) is 10.5 Å². The lowest BCUT2D eigenvalue weighted by atomic mass is 10.3. The van der Waals surface area contributed by atoms with E-state index in [9.17, 15) is 0 Å². The maximum absolute atomic E-state index is 8.22. The third kappa shape index (κ3) is 3.52. The fraction of sp³-hybridized carbons (Fsp3) is 0.667. The van der Waals surface area contributed by atoms with Crippen LogP contribution in [-0.4, -0.2) is 12.6 Å². The molecule has 3 nitrogen and oxygen atoms in total. The molecule has 0 aliphatic rings. The average Bonchev–Trinajstić information content (AvgIpc) is 1.91. The molecule has 0 heterocycles. The summed E-state index contributed by atoms with van der Waals surface area (Å²) in [7, 11) is 0. The van der Waals surface area contributed by atoms with Gasteiger partial charge in [-0.05, 0) is 13.0 Å². The Hall–Kier alpha value is -1.06. The Labute approximate surface area is 54.9 Å². The van der Waals surface area contributed by atoms with Crippen molar-refractivity contribution in [3.05, 3.63) is 0 Å². The highest BCUT2D eigenvalue weighted by Gasteiger charge is 1.99. The smallest absolute Gasteiger partial charge is 0.183 e. The SMILES string of the molecule is CCCNC(C#N)C#N. The molecule has 0 aromatic heterocycles. The maximum Gasteiger partial charge on any atom is 0.183 e. The van der Waals surface area contributed by atoms with Crippen molar-refractivity contribution in [1.29, 1.82) is 10.5 Å². The summed E-state index contributed by atoms with van der Waals surface area (Å²) in [6, 6.07) is 2.99. The molecule has 0 amide bonds. The fourth-order valence-corrected chi connectivity index (χ4v) is 0.409. The van der Waals surface area contributed by atoms with Crippen molar-refractivity contribution in [2.75, 3.05) is 6.54 Å². The normalized spacial score (nSPS) is 8.44. The molecular weight excluding hydrogens is 114 g/mol. The second-order valence-corrected chi connectivity index (χ2v) is 1.65. The summed E-state index contributed by atoms with van der Waals surface area (Å²) in [5.41, 5.74) is 0. The van der Waals surface area contributed by atoms with Gasteiger partial charge in [0.05, 0.1) is 12.1 Å². The summed E-state index contributed by atoms with van der Waals surface area (Å²) >= 11 is 0. The van der Waals surface area contributed by atoms with E-state index in [2.05, 4.69) is 5.32 Å². The lowest BCUT2D eigenvalue weighted by molar-refractivity contribution is 0.674. The summed E-state index contributed by atoms with van der Waals surface area (Å²) in [5.74, 6) is 0. The zero-order valence-electron chi connectivity index (χ0n) is 5.39. The second-order valence-electron chi connectivity index (χ2n) is 1.65. The Morgan fingerprint density at radius 3 is 2.33 bits per heavy atom. The number of hydrogen-bond donors (Lipinski definition) is 1. The van der Waals surface area contributed by atoms with Crippen LogP contribution in [0.2, 0.25) is 0 Å². The molecule has 0 aromatic rings. The Balaban J connectivity index is 3.38. The monoisotopic (exact) mass is 123 g/mol. The molecule has 0 saturated heterocycles. The van der Waals surface area contributed by atoms with E-state index in [0.717, 1.165) is 13.0 Å².